The normalized spacial score (nSPS) is 15.2. The molecule has 3 amide bonds. The van der Waals surface area contributed by atoms with E-state index in [9.17, 15) is 14.4 Å². The summed E-state index contributed by atoms with van der Waals surface area (Å²) in [5.41, 5.74) is 1.11. The SMILES string of the molecule is CCCNC(=O)C(NC(=O)c1ccccc1)C1CCN(C(=O)c2ccc(Cl)cc2)CC1. The van der Waals surface area contributed by atoms with Gasteiger partial charge in [-0.05, 0) is 61.6 Å². The van der Waals surface area contributed by atoms with Gasteiger partial charge in [0.2, 0.25) is 5.91 Å². The molecule has 0 aliphatic carbocycles. The van der Waals surface area contributed by atoms with E-state index < -0.39 is 6.04 Å². The van der Waals surface area contributed by atoms with Gasteiger partial charge in [0.25, 0.3) is 11.8 Å². The molecule has 6 nitrogen and oxygen atoms in total. The average Bonchev–Trinajstić information content (AvgIpc) is 2.81. The summed E-state index contributed by atoms with van der Waals surface area (Å²) >= 11 is 5.91. The molecule has 31 heavy (non-hydrogen) atoms. The number of benzene rings is 2. The van der Waals surface area contributed by atoms with Crippen molar-refractivity contribution in [3.8, 4) is 0 Å². The van der Waals surface area contributed by atoms with E-state index in [1.165, 1.54) is 0 Å². The zero-order valence-electron chi connectivity index (χ0n) is 17.6. The van der Waals surface area contributed by atoms with Gasteiger partial charge in [0.05, 0.1) is 0 Å². The Morgan fingerprint density at radius 3 is 2.26 bits per heavy atom. The highest BCUT2D eigenvalue weighted by atomic mass is 35.5. The third kappa shape index (κ3) is 6.07. The number of hydrogen-bond donors (Lipinski definition) is 2. The van der Waals surface area contributed by atoms with Gasteiger partial charge in [-0.15, -0.1) is 0 Å². The van der Waals surface area contributed by atoms with Crippen molar-refractivity contribution in [2.24, 2.45) is 5.92 Å². The molecule has 1 unspecified atom stereocenters. The molecule has 1 fully saturated rings. The summed E-state index contributed by atoms with van der Waals surface area (Å²) in [5, 5.41) is 6.42. The largest absolute Gasteiger partial charge is 0.354 e. The molecular weight excluding hydrogens is 414 g/mol. The molecular formula is C24H28ClN3O3. The Hall–Kier alpha value is -2.86. The van der Waals surface area contributed by atoms with E-state index in [4.69, 9.17) is 11.6 Å². The van der Waals surface area contributed by atoms with Gasteiger partial charge in [-0.3, -0.25) is 14.4 Å². The Bertz CT molecular complexity index is 894. The van der Waals surface area contributed by atoms with E-state index in [1.54, 1.807) is 53.4 Å². The number of hydrogen-bond acceptors (Lipinski definition) is 3. The van der Waals surface area contributed by atoms with Gasteiger partial charge in [-0.25, -0.2) is 0 Å². The Morgan fingerprint density at radius 1 is 1.00 bits per heavy atom. The lowest BCUT2D eigenvalue weighted by Gasteiger charge is -2.36. The topological polar surface area (TPSA) is 78.5 Å². The van der Waals surface area contributed by atoms with E-state index in [0.717, 1.165) is 6.42 Å². The standard InChI is InChI=1S/C24H28ClN3O3/c1-2-14-26-23(30)21(27-22(29)18-6-4-3-5-7-18)17-12-15-28(16-13-17)24(31)19-8-10-20(25)11-9-19/h3-11,17,21H,2,12-16H2,1H3,(H,26,30)(H,27,29). The molecule has 0 aromatic heterocycles. The van der Waals surface area contributed by atoms with Crippen LogP contribution in [0, 0.1) is 5.92 Å². The second-order valence-corrected chi connectivity index (χ2v) is 8.18. The molecule has 7 heteroatoms. The summed E-state index contributed by atoms with van der Waals surface area (Å²) in [6.45, 7) is 3.61. The van der Waals surface area contributed by atoms with Crippen molar-refractivity contribution in [1.82, 2.24) is 15.5 Å². The van der Waals surface area contributed by atoms with Gasteiger partial charge in [0, 0.05) is 35.8 Å². The third-order valence-electron chi connectivity index (χ3n) is 5.54. The van der Waals surface area contributed by atoms with Crippen molar-refractivity contribution >= 4 is 29.3 Å². The number of carbonyl (C=O) groups excluding carboxylic acids is 3. The Balaban J connectivity index is 1.66. The molecule has 0 spiro atoms. The Morgan fingerprint density at radius 2 is 1.65 bits per heavy atom. The van der Waals surface area contributed by atoms with Crippen LogP contribution in [0.4, 0.5) is 0 Å². The molecule has 2 aromatic rings. The van der Waals surface area contributed by atoms with Crippen molar-refractivity contribution in [2.45, 2.75) is 32.2 Å². The van der Waals surface area contributed by atoms with Gasteiger partial charge in [-0.2, -0.15) is 0 Å². The quantitative estimate of drug-likeness (QED) is 0.690. The summed E-state index contributed by atoms with van der Waals surface area (Å²) in [6, 6.07) is 15.1. The minimum Gasteiger partial charge on any atom is -0.354 e. The van der Waals surface area contributed by atoms with Crippen LogP contribution >= 0.6 is 11.6 Å². The lowest BCUT2D eigenvalue weighted by atomic mass is 9.88. The number of nitrogens with zero attached hydrogens (tertiary/aromatic N) is 1. The maximum absolute atomic E-state index is 12.8. The van der Waals surface area contributed by atoms with Crippen LogP contribution in [0.5, 0.6) is 0 Å². The first-order valence-electron chi connectivity index (χ1n) is 10.7. The van der Waals surface area contributed by atoms with E-state index in [1.807, 2.05) is 13.0 Å². The van der Waals surface area contributed by atoms with Crippen LogP contribution in [0.15, 0.2) is 54.6 Å². The summed E-state index contributed by atoms with van der Waals surface area (Å²) in [6.07, 6.45) is 2.09. The fourth-order valence-electron chi connectivity index (χ4n) is 3.78. The fourth-order valence-corrected chi connectivity index (χ4v) is 3.91. The molecule has 3 rings (SSSR count). The molecule has 1 saturated heterocycles. The second kappa shape index (κ2) is 11.0. The first kappa shape index (κ1) is 22.8. The monoisotopic (exact) mass is 441 g/mol. The lowest BCUT2D eigenvalue weighted by Crippen LogP contribution is -2.54. The van der Waals surface area contributed by atoms with Crippen LogP contribution in [-0.2, 0) is 4.79 Å². The van der Waals surface area contributed by atoms with Crippen molar-refractivity contribution in [3.63, 3.8) is 0 Å². The van der Waals surface area contributed by atoms with Gasteiger partial charge in [0.1, 0.15) is 6.04 Å². The minimum atomic E-state index is -0.632. The number of piperidine rings is 1. The highest BCUT2D eigenvalue weighted by molar-refractivity contribution is 6.30. The smallest absolute Gasteiger partial charge is 0.253 e. The van der Waals surface area contributed by atoms with E-state index in [0.29, 0.717) is 48.6 Å². The first-order valence-corrected chi connectivity index (χ1v) is 11.1. The highest BCUT2D eigenvalue weighted by Crippen LogP contribution is 2.23. The predicted molar refractivity (Wildman–Crippen MR) is 121 cm³/mol. The summed E-state index contributed by atoms with van der Waals surface area (Å²) in [5.74, 6) is -0.528. The van der Waals surface area contributed by atoms with Crippen LogP contribution in [-0.4, -0.2) is 48.3 Å². The van der Waals surface area contributed by atoms with Crippen LogP contribution in [0.3, 0.4) is 0 Å². The molecule has 0 bridgehead atoms. The molecule has 0 radical (unpaired) electrons. The molecule has 2 N–H and O–H groups in total. The van der Waals surface area contributed by atoms with Crippen molar-refractivity contribution < 1.29 is 14.4 Å². The average molecular weight is 442 g/mol. The molecule has 1 aliphatic heterocycles. The van der Waals surface area contributed by atoms with Gasteiger partial charge < -0.3 is 15.5 Å². The van der Waals surface area contributed by atoms with Crippen LogP contribution in [0.25, 0.3) is 0 Å². The third-order valence-corrected chi connectivity index (χ3v) is 5.80. The molecule has 2 aromatic carbocycles. The minimum absolute atomic E-state index is 0.0428. The predicted octanol–water partition coefficient (Wildman–Crippen LogP) is 3.52. The van der Waals surface area contributed by atoms with Crippen LogP contribution in [0.2, 0.25) is 5.02 Å². The van der Waals surface area contributed by atoms with E-state index in [-0.39, 0.29) is 23.6 Å². The van der Waals surface area contributed by atoms with Crippen LogP contribution < -0.4 is 10.6 Å². The molecule has 1 heterocycles. The van der Waals surface area contributed by atoms with Crippen molar-refractivity contribution in [1.29, 1.82) is 0 Å². The van der Waals surface area contributed by atoms with E-state index >= 15 is 0 Å². The summed E-state index contributed by atoms with van der Waals surface area (Å²) in [7, 11) is 0. The maximum atomic E-state index is 12.8. The summed E-state index contributed by atoms with van der Waals surface area (Å²) < 4.78 is 0. The Labute approximate surface area is 188 Å². The maximum Gasteiger partial charge on any atom is 0.253 e. The number of halogens is 1. The molecule has 1 aliphatic rings. The number of carbonyl (C=O) groups is 3. The van der Waals surface area contributed by atoms with E-state index in [2.05, 4.69) is 10.6 Å². The first-order chi connectivity index (χ1) is 15.0. The Kier molecular flexibility index (Phi) is 8.06. The van der Waals surface area contributed by atoms with Gasteiger partial charge in [-0.1, -0.05) is 36.7 Å². The van der Waals surface area contributed by atoms with Crippen molar-refractivity contribution in [3.05, 3.63) is 70.7 Å². The molecule has 1 atom stereocenters. The number of rotatable bonds is 7. The van der Waals surface area contributed by atoms with Gasteiger partial charge >= 0.3 is 0 Å². The second-order valence-electron chi connectivity index (χ2n) is 7.74. The van der Waals surface area contributed by atoms with Gasteiger partial charge in [0.15, 0.2) is 0 Å². The molecule has 164 valence electrons. The number of likely N-dealkylation sites (tertiary alicyclic amines) is 1. The summed E-state index contributed by atoms with van der Waals surface area (Å²) in [4.78, 5) is 40.1. The lowest BCUT2D eigenvalue weighted by molar-refractivity contribution is -0.124. The molecule has 0 saturated carbocycles. The van der Waals surface area contributed by atoms with Crippen LogP contribution in [0.1, 0.15) is 46.9 Å². The number of nitrogens with one attached hydrogen (secondary N) is 2. The zero-order valence-corrected chi connectivity index (χ0v) is 18.4. The fraction of sp³-hybridized carbons (Fsp3) is 0.375. The highest BCUT2D eigenvalue weighted by Gasteiger charge is 2.34. The number of amides is 3. The zero-order chi connectivity index (χ0) is 22.2. The van der Waals surface area contributed by atoms with Crippen molar-refractivity contribution in [2.75, 3.05) is 19.6 Å².